The van der Waals surface area contributed by atoms with Gasteiger partial charge in [0.05, 0.1) is 8.95 Å². The van der Waals surface area contributed by atoms with Gasteiger partial charge >= 0.3 is 0 Å². The minimum Gasteiger partial charge on any atom is -0.487 e. The molecule has 4 nitrogen and oxygen atoms in total. The summed E-state index contributed by atoms with van der Waals surface area (Å²) in [7, 11) is 0. The predicted octanol–water partition coefficient (Wildman–Crippen LogP) is 6.06. The lowest BCUT2D eigenvalue weighted by molar-refractivity contribution is -0.117. The van der Waals surface area contributed by atoms with Crippen LogP contribution in [0.25, 0.3) is 6.08 Å². The molecule has 0 unspecified atom stereocenters. The van der Waals surface area contributed by atoms with Crippen LogP contribution in [0.4, 0.5) is 0 Å². The van der Waals surface area contributed by atoms with Crippen LogP contribution >= 0.6 is 31.9 Å². The van der Waals surface area contributed by atoms with E-state index in [-0.39, 0.29) is 17.5 Å². The Kier molecular flexibility index (Phi) is 7.51. The first-order chi connectivity index (χ1) is 14.0. The van der Waals surface area contributed by atoms with Crippen LogP contribution in [0.1, 0.15) is 42.4 Å². The van der Waals surface area contributed by atoms with Gasteiger partial charge in [0, 0.05) is 6.04 Å². The molecule has 1 fully saturated rings. The third-order valence-electron chi connectivity index (χ3n) is 4.89. The molecule has 0 heterocycles. The molecule has 0 spiro atoms. The Morgan fingerprint density at radius 1 is 1.21 bits per heavy atom. The number of carbonyl (C=O) groups excluding carboxylic acids is 1. The molecule has 29 heavy (non-hydrogen) atoms. The third kappa shape index (κ3) is 5.94. The van der Waals surface area contributed by atoms with E-state index in [4.69, 9.17) is 4.74 Å². The Hall–Kier alpha value is -2.10. The number of hydrogen-bond acceptors (Lipinski definition) is 3. The van der Waals surface area contributed by atoms with Crippen molar-refractivity contribution in [1.29, 1.82) is 5.26 Å². The minimum atomic E-state index is -0.314. The van der Waals surface area contributed by atoms with Crippen molar-refractivity contribution in [1.82, 2.24) is 5.32 Å². The molecule has 3 rings (SSSR count). The van der Waals surface area contributed by atoms with Gasteiger partial charge in [0.2, 0.25) is 0 Å². The van der Waals surface area contributed by atoms with E-state index in [0.717, 1.165) is 45.8 Å². The van der Waals surface area contributed by atoms with Gasteiger partial charge in [0.25, 0.3) is 5.91 Å². The number of rotatable bonds is 6. The van der Waals surface area contributed by atoms with Crippen molar-refractivity contribution in [2.24, 2.45) is 0 Å². The summed E-state index contributed by atoms with van der Waals surface area (Å²) in [5.41, 5.74) is 3.12. The highest BCUT2D eigenvalue weighted by Gasteiger charge is 2.19. The second-order valence-corrected chi connectivity index (χ2v) is 8.92. The molecule has 2 aromatic carbocycles. The van der Waals surface area contributed by atoms with Crippen molar-refractivity contribution in [3.63, 3.8) is 0 Å². The first-order valence-corrected chi connectivity index (χ1v) is 11.1. The van der Waals surface area contributed by atoms with Crippen LogP contribution in [0.5, 0.6) is 5.75 Å². The van der Waals surface area contributed by atoms with Gasteiger partial charge in [-0.1, -0.05) is 42.7 Å². The Bertz CT molecular complexity index is 933. The van der Waals surface area contributed by atoms with Crippen LogP contribution in [0, 0.1) is 18.3 Å². The number of nitrogens with zero attached hydrogens (tertiary/aromatic N) is 1. The molecule has 0 atom stereocenters. The maximum absolute atomic E-state index is 12.4. The summed E-state index contributed by atoms with van der Waals surface area (Å²) in [5, 5.41) is 12.4. The van der Waals surface area contributed by atoms with Crippen molar-refractivity contribution in [2.45, 2.75) is 45.3 Å². The summed E-state index contributed by atoms with van der Waals surface area (Å²) in [6.07, 6.45) is 5.81. The Labute approximate surface area is 188 Å². The van der Waals surface area contributed by atoms with Crippen molar-refractivity contribution >= 4 is 43.8 Å². The van der Waals surface area contributed by atoms with Gasteiger partial charge in [-0.3, -0.25) is 4.79 Å². The predicted molar refractivity (Wildman–Crippen MR) is 121 cm³/mol. The van der Waals surface area contributed by atoms with E-state index in [1.807, 2.05) is 37.3 Å². The van der Waals surface area contributed by atoms with E-state index in [0.29, 0.717) is 12.4 Å². The summed E-state index contributed by atoms with van der Waals surface area (Å²) in [6, 6.07) is 14.1. The lowest BCUT2D eigenvalue weighted by Gasteiger charge is -2.13. The number of benzene rings is 2. The number of carbonyl (C=O) groups is 1. The number of hydrogen-bond donors (Lipinski definition) is 1. The molecular formula is C23H22Br2N2O2. The molecule has 2 aromatic rings. The molecule has 1 N–H and O–H groups in total. The van der Waals surface area contributed by atoms with Gasteiger partial charge < -0.3 is 10.1 Å². The fraction of sp³-hybridized carbons (Fsp3) is 0.304. The highest BCUT2D eigenvalue weighted by atomic mass is 79.9. The summed E-state index contributed by atoms with van der Waals surface area (Å²) in [6.45, 7) is 2.49. The van der Waals surface area contributed by atoms with E-state index in [9.17, 15) is 10.1 Å². The Balaban J connectivity index is 1.73. The molecular weight excluding hydrogens is 496 g/mol. The maximum Gasteiger partial charge on any atom is 0.262 e. The first kappa shape index (κ1) is 21.6. The molecule has 150 valence electrons. The van der Waals surface area contributed by atoms with Gasteiger partial charge in [-0.05, 0) is 81.0 Å². The molecule has 6 heteroatoms. The number of ether oxygens (including phenoxy) is 1. The van der Waals surface area contributed by atoms with Crippen LogP contribution in [0.15, 0.2) is 50.9 Å². The van der Waals surface area contributed by atoms with E-state index >= 15 is 0 Å². The van der Waals surface area contributed by atoms with Crippen LogP contribution in [0.3, 0.4) is 0 Å². The highest BCUT2D eigenvalue weighted by Crippen LogP contribution is 2.36. The lowest BCUT2D eigenvalue weighted by atomic mass is 10.1. The molecule has 0 bridgehead atoms. The van der Waals surface area contributed by atoms with Crippen molar-refractivity contribution in [2.75, 3.05) is 0 Å². The molecule has 0 saturated heterocycles. The van der Waals surface area contributed by atoms with Crippen molar-refractivity contribution in [3.8, 4) is 11.8 Å². The van der Waals surface area contributed by atoms with Gasteiger partial charge in [-0.15, -0.1) is 0 Å². The van der Waals surface area contributed by atoms with Gasteiger partial charge in [-0.25, -0.2) is 0 Å². The van der Waals surface area contributed by atoms with Crippen molar-refractivity contribution in [3.05, 3.63) is 67.6 Å². The zero-order valence-corrected chi connectivity index (χ0v) is 19.3. The molecule has 1 amide bonds. The number of aryl methyl sites for hydroxylation is 1. The van der Waals surface area contributed by atoms with Crippen LogP contribution in [-0.4, -0.2) is 11.9 Å². The number of amides is 1. The molecule has 0 radical (unpaired) electrons. The smallest absolute Gasteiger partial charge is 0.262 e. The lowest BCUT2D eigenvalue weighted by Crippen LogP contribution is -2.33. The summed E-state index contributed by atoms with van der Waals surface area (Å²) in [4.78, 5) is 12.4. The zero-order chi connectivity index (χ0) is 20.8. The van der Waals surface area contributed by atoms with Gasteiger partial charge in [0.1, 0.15) is 24.0 Å². The highest BCUT2D eigenvalue weighted by molar-refractivity contribution is 9.11. The van der Waals surface area contributed by atoms with Gasteiger partial charge in [-0.2, -0.15) is 5.26 Å². The standard InChI is InChI=1S/C23H22Br2N2O2/c1-15-6-8-16(9-7-15)14-29-22-20(24)11-17(12-21(22)25)10-18(13-26)23(28)27-19-4-2-3-5-19/h6-12,19H,2-5,14H2,1H3,(H,27,28)/b18-10-. The summed E-state index contributed by atoms with van der Waals surface area (Å²) < 4.78 is 7.45. The second-order valence-electron chi connectivity index (χ2n) is 7.21. The Morgan fingerprint density at radius 2 is 1.83 bits per heavy atom. The molecule has 0 aromatic heterocycles. The quantitative estimate of drug-likeness (QED) is 0.374. The summed E-state index contributed by atoms with van der Waals surface area (Å²) in [5.74, 6) is 0.364. The molecule has 1 aliphatic rings. The second kappa shape index (κ2) is 10.1. The maximum atomic E-state index is 12.4. The van der Waals surface area contributed by atoms with E-state index in [1.165, 1.54) is 5.56 Å². The molecule has 1 aliphatic carbocycles. The number of nitrogens with one attached hydrogen (secondary N) is 1. The number of halogens is 2. The van der Waals surface area contributed by atoms with Crippen molar-refractivity contribution < 1.29 is 9.53 Å². The SMILES string of the molecule is Cc1ccc(COc2c(Br)cc(/C=C(/C#N)C(=O)NC3CCCC3)cc2Br)cc1. The normalized spacial score (nSPS) is 14.5. The van der Waals surface area contributed by atoms with Crippen LogP contribution < -0.4 is 10.1 Å². The average Bonchev–Trinajstić information content (AvgIpc) is 3.19. The minimum absolute atomic E-state index is 0.101. The zero-order valence-electron chi connectivity index (χ0n) is 16.2. The average molecular weight is 518 g/mol. The molecule has 1 saturated carbocycles. The Morgan fingerprint density at radius 3 is 2.41 bits per heavy atom. The number of nitriles is 1. The van der Waals surface area contributed by atoms with Crippen LogP contribution in [0.2, 0.25) is 0 Å². The fourth-order valence-electron chi connectivity index (χ4n) is 3.29. The summed E-state index contributed by atoms with van der Waals surface area (Å²) >= 11 is 7.07. The van der Waals surface area contributed by atoms with Gasteiger partial charge in [0.15, 0.2) is 0 Å². The third-order valence-corrected chi connectivity index (χ3v) is 6.07. The van der Waals surface area contributed by atoms with Crippen LogP contribution in [-0.2, 0) is 11.4 Å². The van der Waals surface area contributed by atoms with E-state index in [1.54, 1.807) is 6.08 Å². The monoisotopic (exact) mass is 516 g/mol. The fourth-order valence-corrected chi connectivity index (χ4v) is 4.74. The topological polar surface area (TPSA) is 62.1 Å². The van der Waals surface area contributed by atoms with E-state index < -0.39 is 0 Å². The molecule has 0 aliphatic heterocycles. The first-order valence-electron chi connectivity index (χ1n) is 9.56. The largest absolute Gasteiger partial charge is 0.487 e. The van der Waals surface area contributed by atoms with E-state index in [2.05, 4.69) is 49.3 Å².